The number of amides is 2. The van der Waals surface area contributed by atoms with Gasteiger partial charge in [0.15, 0.2) is 0 Å². The molecule has 2 aliphatic heterocycles. The summed E-state index contributed by atoms with van der Waals surface area (Å²) in [6, 6.07) is 6.10. The summed E-state index contributed by atoms with van der Waals surface area (Å²) >= 11 is 0. The van der Waals surface area contributed by atoms with Gasteiger partial charge >= 0.3 is 6.03 Å². The molecule has 1 saturated heterocycles. The van der Waals surface area contributed by atoms with Gasteiger partial charge in [-0.3, -0.25) is 0 Å². The van der Waals surface area contributed by atoms with Gasteiger partial charge in [0.25, 0.3) is 0 Å². The summed E-state index contributed by atoms with van der Waals surface area (Å²) in [6.07, 6.45) is 1.02. The number of fused-ring (bicyclic) bond motifs is 1. The molecule has 2 N–H and O–H groups in total. The number of carbonyl (C=O) groups is 1. The molecule has 5 nitrogen and oxygen atoms in total. The highest BCUT2D eigenvalue weighted by Gasteiger charge is 2.19. The molecule has 102 valence electrons. The van der Waals surface area contributed by atoms with E-state index in [9.17, 15) is 4.79 Å². The van der Waals surface area contributed by atoms with Crippen molar-refractivity contribution in [2.45, 2.75) is 13.0 Å². The van der Waals surface area contributed by atoms with E-state index in [4.69, 9.17) is 4.74 Å². The van der Waals surface area contributed by atoms with Crippen molar-refractivity contribution in [1.29, 1.82) is 0 Å². The third-order valence-corrected chi connectivity index (χ3v) is 3.69. The van der Waals surface area contributed by atoms with Gasteiger partial charge in [-0.05, 0) is 30.2 Å². The van der Waals surface area contributed by atoms with Crippen LogP contribution in [0.5, 0.6) is 0 Å². The van der Waals surface area contributed by atoms with Gasteiger partial charge in [0.1, 0.15) is 0 Å². The second kappa shape index (κ2) is 5.59. The van der Waals surface area contributed by atoms with Gasteiger partial charge in [0.05, 0.1) is 13.2 Å². The predicted molar refractivity (Wildman–Crippen MR) is 73.3 cm³/mol. The van der Waals surface area contributed by atoms with E-state index in [0.29, 0.717) is 26.3 Å². The molecule has 0 aliphatic carbocycles. The van der Waals surface area contributed by atoms with E-state index in [1.54, 1.807) is 4.90 Å². The van der Waals surface area contributed by atoms with E-state index in [0.717, 1.165) is 25.2 Å². The Morgan fingerprint density at radius 1 is 1.32 bits per heavy atom. The van der Waals surface area contributed by atoms with E-state index >= 15 is 0 Å². The maximum Gasteiger partial charge on any atom is 0.322 e. The average molecular weight is 261 g/mol. The number of urea groups is 1. The lowest BCUT2D eigenvalue weighted by molar-refractivity contribution is 0.0564. The zero-order valence-electron chi connectivity index (χ0n) is 10.9. The molecule has 5 heteroatoms. The van der Waals surface area contributed by atoms with Crippen LogP contribution in [0.3, 0.4) is 0 Å². The van der Waals surface area contributed by atoms with Crippen LogP contribution in [-0.4, -0.2) is 43.8 Å². The fraction of sp³-hybridized carbons (Fsp3) is 0.500. The number of rotatable bonds is 1. The van der Waals surface area contributed by atoms with E-state index in [2.05, 4.69) is 16.7 Å². The van der Waals surface area contributed by atoms with E-state index in [1.165, 1.54) is 11.1 Å². The first-order chi connectivity index (χ1) is 9.34. The van der Waals surface area contributed by atoms with Crippen molar-refractivity contribution in [2.75, 3.05) is 38.2 Å². The first kappa shape index (κ1) is 12.4. The topological polar surface area (TPSA) is 53.6 Å². The van der Waals surface area contributed by atoms with Gasteiger partial charge in [0.2, 0.25) is 0 Å². The minimum Gasteiger partial charge on any atom is -0.378 e. The molecule has 2 aliphatic rings. The number of hydrogen-bond acceptors (Lipinski definition) is 3. The summed E-state index contributed by atoms with van der Waals surface area (Å²) in [7, 11) is 0. The van der Waals surface area contributed by atoms with Gasteiger partial charge in [-0.15, -0.1) is 0 Å². The highest BCUT2D eigenvalue weighted by molar-refractivity contribution is 5.90. The third-order valence-electron chi connectivity index (χ3n) is 3.69. The summed E-state index contributed by atoms with van der Waals surface area (Å²) in [4.78, 5) is 14.0. The van der Waals surface area contributed by atoms with Crippen LogP contribution in [0.2, 0.25) is 0 Å². The molecule has 1 aromatic carbocycles. The molecule has 0 aromatic heterocycles. The Bertz CT molecular complexity index is 470. The van der Waals surface area contributed by atoms with Gasteiger partial charge in [0, 0.05) is 25.3 Å². The lowest BCUT2D eigenvalue weighted by Gasteiger charge is -2.28. The number of anilines is 1. The number of hydrogen-bond donors (Lipinski definition) is 2. The summed E-state index contributed by atoms with van der Waals surface area (Å²) in [5, 5.41) is 6.38. The largest absolute Gasteiger partial charge is 0.378 e. The van der Waals surface area contributed by atoms with Crippen LogP contribution in [0, 0.1) is 0 Å². The predicted octanol–water partition coefficient (Wildman–Crippen LogP) is 1.20. The van der Waals surface area contributed by atoms with Crippen molar-refractivity contribution in [1.82, 2.24) is 10.2 Å². The van der Waals surface area contributed by atoms with Gasteiger partial charge in [-0.2, -0.15) is 0 Å². The standard InChI is InChI=1S/C14H19N3O2/c18-14(17-6-8-19-9-7-17)16-13-3-1-2-11-4-5-15-10-12(11)13/h1-3,15H,4-10H2,(H,16,18). The molecule has 0 unspecified atom stereocenters. The van der Waals surface area contributed by atoms with E-state index in [1.807, 2.05) is 12.1 Å². The molecule has 0 bridgehead atoms. The Kier molecular flexibility index (Phi) is 3.66. The van der Waals surface area contributed by atoms with Gasteiger partial charge in [-0.25, -0.2) is 4.79 Å². The minimum atomic E-state index is -0.0257. The Balaban J connectivity index is 1.74. The van der Waals surface area contributed by atoms with Crippen molar-refractivity contribution in [2.24, 2.45) is 0 Å². The minimum absolute atomic E-state index is 0.0257. The number of nitrogens with one attached hydrogen (secondary N) is 2. The normalized spacial score (nSPS) is 18.8. The molecule has 2 amide bonds. The third kappa shape index (κ3) is 2.72. The first-order valence-corrected chi connectivity index (χ1v) is 6.80. The maximum atomic E-state index is 12.2. The van der Waals surface area contributed by atoms with Crippen molar-refractivity contribution in [3.8, 4) is 0 Å². The number of morpholine rings is 1. The Labute approximate surface area is 112 Å². The Hall–Kier alpha value is -1.59. The second-order valence-corrected chi connectivity index (χ2v) is 4.90. The van der Waals surface area contributed by atoms with Crippen molar-refractivity contribution in [3.63, 3.8) is 0 Å². The summed E-state index contributed by atoms with van der Waals surface area (Å²) in [5.41, 5.74) is 3.48. The molecule has 19 heavy (non-hydrogen) atoms. The SMILES string of the molecule is O=C(Nc1cccc2c1CNCC2)N1CCOCC1. The summed E-state index contributed by atoms with van der Waals surface area (Å²) in [5.74, 6) is 0. The molecular weight excluding hydrogens is 242 g/mol. The highest BCUT2D eigenvalue weighted by atomic mass is 16.5. The van der Waals surface area contributed by atoms with Crippen LogP contribution in [0.1, 0.15) is 11.1 Å². The second-order valence-electron chi connectivity index (χ2n) is 4.90. The van der Waals surface area contributed by atoms with Crippen LogP contribution in [-0.2, 0) is 17.7 Å². The smallest absolute Gasteiger partial charge is 0.322 e. The quantitative estimate of drug-likeness (QED) is 0.798. The molecule has 2 heterocycles. The van der Waals surface area contributed by atoms with Gasteiger partial charge in [-0.1, -0.05) is 12.1 Å². The van der Waals surface area contributed by atoms with Crippen molar-refractivity contribution >= 4 is 11.7 Å². The monoisotopic (exact) mass is 261 g/mol. The molecule has 1 fully saturated rings. The van der Waals surface area contributed by atoms with Crippen LogP contribution >= 0.6 is 0 Å². The highest BCUT2D eigenvalue weighted by Crippen LogP contribution is 2.23. The summed E-state index contributed by atoms with van der Waals surface area (Å²) < 4.78 is 5.26. The summed E-state index contributed by atoms with van der Waals surface area (Å²) in [6.45, 7) is 4.42. The number of benzene rings is 1. The molecule has 0 atom stereocenters. The van der Waals surface area contributed by atoms with Gasteiger partial charge < -0.3 is 20.3 Å². The molecule has 0 radical (unpaired) electrons. The Morgan fingerprint density at radius 3 is 3.00 bits per heavy atom. The Morgan fingerprint density at radius 2 is 2.16 bits per heavy atom. The van der Waals surface area contributed by atoms with Crippen LogP contribution in [0.15, 0.2) is 18.2 Å². The lowest BCUT2D eigenvalue weighted by Crippen LogP contribution is -2.43. The lowest BCUT2D eigenvalue weighted by atomic mass is 9.99. The number of ether oxygens (including phenoxy) is 1. The molecular formula is C14H19N3O2. The van der Waals surface area contributed by atoms with E-state index < -0.39 is 0 Å². The zero-order chi connectivity index (χ0) is 13.1. The average Bonchev–Trinajstić information content (AvgIpc) is 2.48. The zero-order valence-corrected chi connectivity index (χ0v) is 10.9. The van der Waals surface area contributed by atoms with Crippen LogP contribution < -0.4 is 10.6 Å². The van der Waals surface area contributed by atoms with E-state index in [-0.39, 0.29) is 6.03 Å². The fourth-order valence-electron chi connectivity index (χ4n) is 2.59. The molecule has 0 saturated carbocycles. The van der Waals surface area contributed by atoms with Crippen LogP contribution in [0.4, 0.5) is 10.5 Å². The number of nitrogens with zero attached hydrogens (tertiary/aromatic N) is 1. The van der Waals surface area contributed by atoms with Crippen molar-refractivity contribution < 1.29 is 9.53 Å². The fourth-order valence-corrected chi connectivity index (χ4v) is 2.59. The molecule has 1 aromatic rings. The van der Waals surface area contributed by atoms with Crippen molar-refractivity contribution in [3.05, 3.63) is 29.3 Å². The van der Waals surface area contributed by atoms with Crippen LogP contribution in [0.25, 0.3) is 0 Å². The first-order valence-electron chi connectivity index (χ1n) is 6.80. The molecule has 3 rings (SSSR count). The number of carbonyl (C=O) groups excluding carboxylic acids is 1. The molecule has 0 spiro atoms. The maximum absolute atomic E-state index is 12.2.